The van der Waals surface area contributed by atoms with Crippen molar-refractivity contribution in [1.29, 1.82) is 0 Å². The first-order valence-corrected chi connectivity index (χ1v) is 9.46. The van der Waals surface area contributed by atoms with Gasteiger partial charge in [-0.2, -0.15) is 0 Å². The number of nitrogens with one attached hydrogen (secondary N) is 1. The third-order valence-corrected chi connectivity index (χ3v) is 7.43. The minimum atomic E-state index is 0.560. The molecule has 1 N–H and O–H groups in total. The van der Waals surface area contributed by atoms with Gasteiger partial charge in [0.2, 0.25) is 0 Å². The van der Waals surface area contributed by atoms with E-state index >= 15 is 0 Å². The molecule has 4 atom stereocenters. The van der Waals surface area contributed by atoms with Gasteiger partial charge in [-0.15, -0.1) is 11.3 Å². The average molecular weight is 289 g/mol. The van der Waals surface area contributed by atoms with Gasteiger partial charge in [-0.25, -0.2) is 0 Å². The predicted octanol–water partition coefficient (Wildman–Crippen LogP) is 4.71. The van der Waals surface area contributed by atoms with Crippen LogP contribution in [0.1, 0.15) is 66.8 Å². The lowest BCUT2D eigenvalue weighted by atomic mass is 9.88. The van der Waals surface area contributed by atoms with Crippen molar-refractivity contribution in [2.75, 3.05) is 6.54 Å². The molecule has 0 aromatic carbocycles. The molecule has 20 heavy (non-hydrogen) atoms. The van der Waals surface area contributed by atoms with Crippen molar-refractivity contribution in [2.45, 2.75) is 64.3 Å². The standard InChI is InChI=1S/C18H27NS/c1-12(18-10-15-4-2-3-5-17(15)20-18)19-11-16-9-13-6-7-14(16)8-13/h10,12-14,16,19H,2-9,11H2,1H3. The molecule has 1 aromatic heterocycles. The fourth-order valence-corrected chi connectivity index (χ4v) is 6.07. The van der Waals surface area contributed by atoms with E-state index in [1.54, 1.807) is 15.3 Å². The smallest absolute Gasteiger partial charge is 0.0386 e. The van der Waals surface area contributed by atoms with Crippen molar-refractivity contribution in [3.8, 4) is 0 Å². The van der Waals surface area contributed by atoms with Crippen molar-refractivity contribution in [3.05, 3.63) is 21.4 Å². The summed E-state index contributed by atoms with van der Waals surface area (Å²) in [6.45, 7) is 3.62. The largest absolute Gasteiger partial charge is 0.309 e. The van der Waals surface area contributed by atoms with Crippen LogP contribution in [0.3, 0.4) is 0 Å². The summed E-state index contributed by atoms with van der Waals surface area (Å²) in [5, 5.41) is 3.85. The van der Waals surface area contributed by atoms with E-state index in [1.807, 2.05) is 0 Å². The monoisotopic (exact) mass is 289 g/mol. The normalized spacial score (nSPS) is 33.4. The van der Waals surface area contributed by atoms with Crippen LogP contribution in [0.15, 0.2) is 6.07 Å². The van der Waals surface area contributed by atoms with Gasteiger partial charge in [-0.1, -0.05) is 6.42 Å². The molecule has 2 saturated carbocycles. The van der Waals surface area contributed by atoms with Gasteiger partial charge in [-0.3, -0.25) is 0 Å². The van der Waals surface area contributed by atoms with Crippen LogP contribution in [-0.2, 0) is 12.8 Å². The number of hydrogen-bond donors (Lipinski definition) is 1. The lowest BCUT2D eigenvalue weighted by Crippen LogP contribution is -2.28. The zero-order valence-corrected chi connectivity index (χ0v) is 13.5. The fraction of sp³-hybridized carbons (Fsp3) is 0.778. The number of fused-ring (bicyclic) bond motifs is 3. The summed E-state index contributed by atoms with van der Waals surface area (Å²) in [4.78, 5) is 3.26. The van der Waals surface area contributed by atoms with E-state index in [0.717, 1.165) is 17.8 Å². The zero-order valence-electron chi connectivity index (χ0n) is 12.7. The van der Waals surface area contributed by atoms with E-state index in [4.69, 9.17) is 0 Å². The minimum absolute atomic E-state index is 0.560. The Labute approximate surface area is 127 Å². The first kappa shape index (κ1) is 13.3. The van der Waals surface area contributed by atoms with Gasteiger partial charge >= 0.3 is 0 Å². The average Bonchev–Trinajstić information content (AvgIpc) is 3.18. The summed E-state index contributed by atoms with van der Waals surface area (Å²) in [7, 11) is 0. The second kappa shape index (κ2) is 5.46. The molecule has 1 nitrogen and oxygen atoms in total. The van der Waals surface area contributed by atoms with Gasteiger partial charge in [0.05, 0.1) is 0 Å². The number of thiophene rings is 1. The van der Waals surface area contributed by atoms with Crippen LogP contribution < -0.4 is 5.32 Å². The highest BCUT2D eigenvalue weighted by molar-refractivity contribution is 7.12. The number of rotatable bonds is 4. The van der Waals surface area contributed by atoms with E-state index in [9.17, 15) is 0 Å². The Balaban J connectivity index is 1.35. The summed E-state index contributed by atoms with van der Waals surface area (Å²) in [5.74, 6) is 3.11. The van der Waals surface area contributed by atoms with Crippen LogP contribution in [0.4, 0.5) is 0 Å². The quantitative estimate of drug-likeness (QED) is 0.846. The molecule has 2 fully saturated rings. The van der Waals surface area contributed by atoms with E-state index < -0.39 is 0 Å². The van der Waals surface area contributed by atoms with Gasteiger partial charge in [-0.05, 0) is 87.8 Å². The maximum Gasteiger partial charge on any atom is 0.0386 e. The van der Waals surface area contributed by atoms with Crippen molar-refractivity contribution < 1.29 is 0 Å². The zero-order chi connectivity index (χ0) is 13.5. The van der Waals surface area contributed by atoms with Gasteiger partial charge in [0.15, 0.2) is 0 Å². The molecule has 3 aliphatic carbocycles. The predicted molar refractivity (Wildman–Crippen MR) is 86.3 cm³/mol. The van der Waals surface area contributed by atoms with E-state index in [1.165, 1.54) is 57.9 Å². The Morgan fingerprint density at radius 2 is 2.15 bits per heavy atom. The summed E-state index contributed by atoms with van der Waals surface area (Å²) in [6, 6.07) is 3.06. The third kappa shape index (κ3) is 2.46. The van der Waals surface area contributed by atoms with E-state index in [0.29, 0.717) is 6.04 Å². The molecule has 4 unspecified atom stereocenters. The van der Waals surface area contributed by atoms with Crippen LogP contribution in [0.5, 0.6) is 0 Å². The minimum Gasteiger partial charge on any atom is -0.309 e. The number of hydrogen-bond acceptors (Lipinski definition) is 2. The molecule has 2 heteroatoms. The molecule has 0 radical (unpaired) electrons. The highest BCUT2D eigenvalue weighted by Crippen LogP contribution is 2.48. The summed E-state index contributed by atoms with van der Waals surface area (Å²) >= 11 is 2.08. The molecule has 1 aromatic rings. The van der Waals surface area contributed by atoms with Gasteiger partial charge in [0.25, 0.3) is 0 Å². The molecule has 0 aliphatic heterocycles. The molecular formula is C18H27NS. The molecule has 0 spiro atoms. The highest BCUT2D eigenvalue weighted by Gasteiger charge is 2.39. The van der Waals surface area contributed by atoms with Crippen molar-refractivity contribution in [3.63, 3.8) is 0 Å². The van der Waals surface area contributed by atoms with Crippen LogP contribution in [0.25, 0.3) is 0 Å². The molecule has 0 amide bonds. The van der Waals surface area contributed by atoms with Crippen molar-refractivity contribution in [1.82, 2.24) is 5.32 Å². The Bertz CT molecular complexity index is 454. The van der Waals surface area contributed by atoms with Crippen LogP contribution >= 0.6 is 11.3 Å². The molecule has 4 rings (SSSR count). The SMILES string of the molecule is CC(NCC1CC2CCC1C2)c1cc2c(s1)CCCC2. The highest BCUT2D eigenvalue weighted by atomic mass is 32.1. The van der Waals surface area contributed by atoms with Crippen molar-refractivity contribution in [2.24, 2.45) is 17.8 Å². The topological polar surface area (TPSA) is 12.0 Å². The Morgan fingerprint density at radius 3 is 2.90 bits per heavy atom. The van der Waals surface area contributed by atoms with Gasteiger partial charge < -0.3 is 5.32 Å². The summed E-state index contributed by atoms with van der Waals surface area (Å²) in [6.07, 6.45) is 11.5. The second-order valence-electron chi connectivity index (χ2n) is 7.37. The first-order chi connectivity index (χ1) is 9.79. The van der Waals surface area contributed by atoms with Crippen molar-refractivity contribution >= 4 is 11.3 Å². The summed E-state index contributed by atoms with van der Waals surface area (Å²) in [5.41, 5.74) is 1.66. The van der Waals surface area contributed by atoms with Crippen LogP contribution in [0.2, 0.25) is 0 Å². The molecule has 2 bridgehead atoms. The van der Waals surface area contributed by atoms with Gasteiger partial charge in [0.1, 0.15) is 0 Å². The van der Waals surface area contributed by atoms with Crippen LogP contribution in [-0.4, -0.2) is 6.54 Å². The van der Waals surface area contributed by atoms with Gasteiger partial charge in [0, 0.05) is 15.8 Å². The maximum atomic E-state index is 3.85. The Hall–Kier alpha value is -0.340. The Kier molecular flexibility index (Phi) is 3.64. The lowest BCUT2D eigenvalue weighted by Gasteiger charge is -2.23. The maximum absolute atomic E-state index is 3.85. The number of aryl methyl sites for hydroxylation is 2. The lowest BCUT2D eigenvalue weighted by molar-refractivity contribution is 0.310. The van der Waals surface area contributed by atoms with Crippen LogP contribution in [0, 0.1) is 17.8 Å². The molecule has 110 valence electrons. The molecule has 0 saturated heterocycles. The Morgan fingerprint density at radius 1 is 1.25 bits per heavy atom. The molecular weight excluding hydrogens is 262 g/mol. The second-order valence-corrected chi connectivity index (χ2v) is 8.54. The fourth-order valence-electron chi connectivity index (χ4n) is 4.78. The third-order valence-electron chi connectivity index (χ3n) is 6.01. The first-order valence-electron chi connectivity index (χ1n) is 8.64. The van der Waals surface area contributed by atoms with E-state index in [-0.39, 0.29) is 0 Å². The summed E-state index contributed by atoms with van der Waals surface area (Å²) < 4.78 is 0. The molecule has 3 aliphatic rings. The molecule has 1 heterocycles. The van der Waals surface area contributed by atoms with E-state index in [2.05, 4.69) is 29.6 Å².